The second-order valence-electron chi connectivity index (χ2n) is 25.7. The number of phenolic OH excluding ortho intramolecular Hbond substituents is 2. The molecule has 4 saturated heterocycles. The van der Waals surface area contributed by atoms with Gasteiger partial charge in [-0.2, -0.15) is 0 Å². The van der Waals surface area contributed by atoms with Crippen LogP contribution < -0.4 is 0 Å². The molecule has 80 heavy (non-hydrogen) atoms. The van der Waals surface area contributed by atoms with Crippen LogP contribution >= 0.6 is 0 Å². The molecule has 14 atom stereocenters. The Bertz CT molecular complexity index is 2170. The van der Waals surface area contributed by atoms with Crippen molar-refractivity contribution >= 4 is 23.9 Å². The molecular formula is C64H96O16. The zero-order valence-corrected chi connectivity index (χ0v) is 48.7. The van der Waals surface area contributed by atoms with Crippen molar-refractivity contribution in [1.29, 1.82) is 0 Å². The Labute approximate surface area is 475 Å². The van der Waals surface area contributed by atoms with Gasteiger partial charge in [-0.15, -0.1) is 0 Å². The number of carboxylic acid groups (broad SMARTS) is 2. The van der Waals surface area contributed by atoms with Gasteiger partial charge in [-0.1, -0.05) is 38.1 Å². The topological polar surface area (TPSA) is 245 Å². The average Bonchev–Trinajstić information content (AvgIpc) is 3.42. The zero-order chi connectivity index (χ0) is 57.7. The van der Waals surface area contributed by atoms with Crippen LogP contribution in [0.3, 0.4) is 0 Å². The van der Waals surface area contributed by atoms with Crippen molar-refractivity contribution in [2.75, 3.05) is 0 Å². The van der Waals surface area contributed by atoms with Crippen LogP contribution in [0.25, 0.3) is 0 Å². The van der Waals surface area contributed by atoms with Gasteiger partial charge in [0.1, 0.15) is 34.8 Å². The highest BCUT2D eigenvalue weighted by atomic mass is 16.6. The van der Waals surface area contributed by atoms with Crippen molar-refractivity contribution in [3.63, 3.8) is 0 Å². The largest absolute Gasteiger partial charge is 0.507 e. The van der Waals surface area contributed by atoms with E-state index in [0.29, 0.717) is 88.2 Å². The summed E-state index contributed by atoms with van der Waals surface area (Å²) in [5.41, 5.74) is -0.609. The smallest absolute Gasteiger partial charge is 0.342 e. The quantitative estimate of drug-likeness (QED) is 0.108. The lowest BCUT2D eigenvalue weighted by molar-refractivity contribution is -0.168. The van der Waals surface area contributed by atoms with E-state index < -0.39 is 71.3 Å². The van der Waals surface area contributed by atoms with E-state index in [1.54, 1.807) is 39.8 Å². The highest BCUT2D eigenvalue weighted by Crippen LogP contribution is 2.39. The average molecular weight is 1120 g/mol. The molecule has 16 nitrogen and oxygen atoms in total. The summed E-state index contributed by atoms with van der Waals surface area (Å²) in [6, 6.07) is 10.2. The third kappa shape index (κ3) is 17.4. The van der Waals surface area contributed by atoms with Gasteiger partial charge in [-0.3, -0.25) is 9.59 Å². The van der Waals surface area contributed by atoms with Crippen molar-refractivity contribution in [2.24, 2.45) is 22.7 Å². The number of aliphatic carboxylic acids is 2. The third-order valence-electron chi connectivity index (χ3n) is 18.6. The molecule has 4 bridgehead atoms. The lowest BCUT2D eigenvalue weighted by Crippen LogP contribution is -2.44. The molecule has 2 aromatic carbocycles. The van der Waals surface area contributed by atoms with Crippen LogP contribution in [0.5, 0.6) is 11.5 Å². The van der Waals surface area contributed by atoms with Crippen LogP contribution in [-0.2, 0) is 50.9 Å². The first kappa shape index (κ1) is 63.3. The van der Waals surface area contributed by atoms with Gasteiger partial charge in [0.05, 0.1) is 71.9 Å². The van der Waals surface area contributed by atoms with Gasteiger partial charge in [0.2, 0.25) is 0 Å². The molecule has 0 aromatic heterocycles. The van der Waals surface area contributed by atoms with Gasteiger partial charge in [0.25, 0.3) is 0 Å². The van der Waals surface area contributed by atoms with E-state index in [1.165, 1.54) is 12.1 Å². The zero-order valence-electron chi connectivity index (χ0n) is 48.7. The minimum Gasteiger partial charge on any atom is -0.507 e. The maximum atomic E-state index is 14.4. The normalized spacial score (nSPS) is 31.4. The molecule has 0 amide bonds. The highest BCUT2D eigenvalue weighted by Gasteiger charge is 2.43. The molecule has 7 rings (SSSR count). The number of cyclic esters (lactones) is 2. The van der Waals surface area contributed by atoms with Crippen molar-refractivity contribution in [3.05, 3.63) is 58.7 Å². The molecule has 5 aliphatic rings. The van der Waals surface area contributed by atoms with E-state index in [0.717, 1.165) is 64.2 Å². The number of fused-ring (bicyclic) bond motifs is 6. The molecule has 448 valence electrons. The number of aliphatic hydroxyl groups is 2. The summed E-state index contributed by atoms with van der Waals surface area (Å²) in [7, 11) is 0. The Morgan fingerprint density at radius 3 is 1.21 bits per heavy atom. The van der Waals surface area contributed by atoms with E-state index in [1.807, 2.05) is 26.0 Å². The van der Waals surface area contributed by atoms with Crippen LogP contribution in [-0.4, -0.2) is 128 Å². The lowest BCUT2D eigenvalue weighted by Gasteiger charge is -2.38. The monoisotopic (exact) mass is 1120 g/mol. The fourth-order valence-electron chi connectivity index (χ4n) is 13.2. The number of benzene rings is 2. The maximum Gasteiger partial charge on any atom is 0.342 e. The minimum atomic E-state index is -1.09. The van der Waals surface area contributed by atoms with Crippen LogP contribution in [0.2, 0.25) is 0 Å². The van der Waals surface area contributed by atoms with Crippen molar-refractivity contribution in [2.45, 2.75) is 282 Å². The summed E-state index contributed by atoms with van der Waals surface area (Å²) in [6.45, 7) is 10.7. The lowest BCUT2D eigenvalue weighted by atomic mass is 9.81. The van der Waals surface area contributed by atoms with E-state index >= 15 is 0 Å². The number of aryl methyl sites for hydroxylation is 2. The standard InChI is InChI=1S/C64H96O16/c1-39-31-33-47-23-11-21-45(75-47)19-8-16-42-18-10-28-52(68)58(42)60(70)80-54(38-44(66)36-50-26-14-30-56(78-50)64(5,6)62(73)74)40(2)32-34-48-24-12-22-46(76-48)20-7-15-41-17-9-27-51(67)57(41)59(69)79-53(39)37-43(65)35-49-25-13-29-55(77-49)63(3,4)61(71)72/h9-10,17-18,27-28,39-40,43-50,53-56,65-68H,7-8,11-16,19-26,29-38H2,1-6H3,(H,71,72)(H,73,74)/t39-,40-,43-,44-,45-,46?,47-,48?,49-,50-,53+,54+,55+,56+/m0/s1. The van der Waals surface area contributed by atoms with Gasteiger partial charge in [0, 0.05) is 12.8 Å². The van der Waals surface area contributed by atoms with Gasteiger partial charge < -0.3 is 59.1 Å². The fourth-order valence-corrected chi connectivity index (χ4v) is 13.2. The number of phenols is 2. The molecule has 0 saturated carbocycles. The van der Waals surface area contributed by atoms with Crippen molar-refractivity contribution in [1.82, 2.24) is 0 Å². The third-order valence-corrected chi connectivity index (χ3v) is 18.6. The van der Waals surface area contributed by atoms with E-state index in [-0.39, 0.29) is 96.8 Å². The Morgan fingerprint density at radius 2 is 0.838 bits per heavy atom. The van der Waals surface area contributed by atoms with Crippen LogP contribution in [0.1, 0.15) is 227 Å². The number of ether oxygens (including phenoxy) is 6. The number of aromatic hydroxyl groups is 2. The predicted molar refractivity (Wildman–Crippen MR) is 301 cm³/mol. The van der Waals surface area contributed by atoms with Gasteiger partial charge in [0.15, 0.2) is 0 Å². The number of carboxylic acids is 2. The number of hydrogen-bond donors (Lipinski definition) is 6. The summed E-state index contributed by atoms with van der Waals surface area (Å²) >= 11 is 0. The van der Waals surface area contributed by atoms with Crippen LogP contribution in [0.4, 0.5) is 0 Å². The Balaban J connectivity index is 1.08. The molecule has 5 heterocycles. The van der Waals surface area contributed by atoms with Crippen molar-refractivity contribution < 1.29 is 78.2 Å². The first-order valence-electron chi connectivity index (χ1n) is 30.6. The second kappa shape index (κ2) is 29.3. The van der Waals surface area contributed by atoms with Crippen LogP contribution in [0.15, 0.2) is 36.4 Å². The molecule has 2 aromatic rings. The molecule has 0 spiro atoms. The summed E-state index contributed by atoms with van der Waals surface area (Å²) < 4.78 is 38.9. The first-order valence-corrected chi connectivity index (χ1v) is 30.6. The van der Waals surface area contributed by atoms with Gasteiger partial charge >= 0.3 is 23.9 Å². The highest BCUT2D eigenvalue weighted by molar-refractivity contribution is 5.95. The van der Waals surface area contributed by atoms with Crippen LogP contribution in [0, 0.1) is 22.7 Å². The summed E-state index contributed by atoms with van der Waals surface area (Å²) in [5, 5.41) is 65.8. The molecule has 0 radical (unpaired) electrons. The Hall–Kier alpha value is -4.32. The fraction of sp³-hybridized carbons (Fsp3) is 0.750. The molecule has 5 aliphatic heterocycles. The first-order chi connectivity index (χ1) is 38.1. The van der Waals surface area contributed by atoms with E-state index in [2.05, 4.69) is 0 Å². The summed E-state index contributed by atoms with van der Waals surface area (Å²) in [4.78, 5) is 53.1. The summed E-state index contributed by atoms with van der Waals surface area (Å²) in [6.07, 6.45) is 11.7. The molecule has 2 unspecified atom stereocenters. The predicted octanol–water partition coefficient (Wildman–Crippen LogP) is 11.6. The number of hydrogen-bond acceptors (Lipinski definition) is 14. The molecule has 0 aliphatic carbocycles. The summed E-state index contributed by atoms with van der Waals surface area (Å²) in [5.74, 6) is -3.90. The van der Waals surface area contributed by atoms with Crippen molar-refractivity contribution in [3.8, 4) is 11.5 Å². The molecule has 4 fully saturated rings. The molecule has 16 heteroatoms. The molecule has 6 N–H and O–H groups in total. The van der Waals surface area contributed by atoms with Gasteiger partial charge in [-0.25, -0.2) is 9.59 Å². The SMILES string of the molecule is C[C@H]1CCC2CCCC(CCCc3cccc(O)c3C(=O)O[C@H](C[C@@H](O)C[C@@H]3CCC[C@H](C(C)(C)C(=O)O)O3)[C@@H](C)CC[C@@H]3CCC[C@H](CCCc4cccc(O)c4C(=O)O[C@@H]1C[C@@H](O)C[C@@H]1CCC[C@H](C(C)(C)C(=O)O)O1)O3)O2. The Morgan fingerprint density at radius 1 is 0.487 bits per heavy atom. The number of carbonyl (C=O) groups excluding carboxylic acids is 2. The second-order valence-corrected chi connectivity index (χ2v) is 25.7. The number of esters is 2. The number of rotatable bonds is 12. The number of carbonyl (C=O) groups is 4. The Kier molecular flexibility index (Phi) is 23.2. The molecular weight excluding hydrogens is 1020 g/mol. The van der Waals surface area contributed by atoms with E-state index in [4.69, 9.17) is 28.4 Å². The van der Waals surface area contributed by atoms with Gasteiger partial charge in [-0.05, 0) is 217 Å². The maximum absolute atomic E-state index is 14.4. The number of aliphatic hydroxyl groups excluding tert-OH is 2. The van der Waals surface area contributed by atoms with E-state index in [9.17, 15) is 49.8 Å². The minimum absolute atomic E-state index is 0.0299.